The molecule has 0 aliphatic rings. The molecular weight excluding hydrogens is 157 g/mol. The zero-order chi connectivity index (χ0) is 7.56. The van der Waals surface area contributed by atoms with Crippen LogP contribution in [0.5, 0.6) is 0 Å². The minimum atomic E-state index is -0.969. The number of thiazole rings is 1. The molecule has 54 valence electrons. The van der Waals surface area contributed by atoms with E-state index in [9.17, 15) is 9.18 Å². The second-order valence-corrected chi connectivity index (χ2v) is 2.72. The van der Waals surface area contributed by atoms with E-state index >= 15 is 0 Å². The van der Waals surface area contributed by atoms with E-state index in [0.717, 1.165) is 11.3 Å². The summed E-state index contributed by atoms with van der Waals surface area (Å²) in [6.45, 7) is 0. The molecule has 3 nitrogen and oxygen atoms in total. The summed E-state index contributed by atoms with van der Waals surface area (Å²) in [6, 6.07) is 0. The summed E-state index contributed by atoms with van der Waals surface area (Å²) >= 11 is 0.757. The van der Waals surface area contributed by atoms with Crippen LogP contribution in [0.15, 0.2) is 6.20 Å². The lowest BCUT2D eigenvalue weighted by molar-refractivity contribution is -0.136. The van der Waals surface area contributed by atoms with Crippen molar-refractivity contribution in [3.05, 3.63) is 16.3 Å². The second-order valence-electron chi connectivity index (χ2n) is 1.65. The Kier molecular flexibility index (Phi) is 1.96. The van der Waals surface area contributed by atoms with Crippen molar-refractivity contribution in [1.82, 2.24) is 4.98 Å². The van der Waals surface area contributed by atoms with Crippen LogP contribution in [0, 0.1) is 5.26 Å². The maximum Gasteiger partial charge on any atom is 0.308 e. The summed E-state index contributed by atoms with van der Waals surface area (Å²) in [5.41, 5.74) is 0. The van der Waals surface area contributed by atoms with E-state index in [1.807, 2.05) is 0 Å². The third-order valence-corrected chi connectivity index (χ3v) is 1.64. The molecule has 0 spiro atoms. The van der Waals surface area contributed by atoms with Crippen LogP contribution in [0.4, 0.5) is 4.39 Å². The number of nitrogens with zero attached hydrogens (tertiary/aromatic N) is 1. The molecule has 0 saturated carbocycles. The van der Waals surface area contributed by atoms with Gasteiger partial charge in [-0.05, 0) is 0 Å². The fourth-order valence-electron chi connectivity index (χ4n) is 0.514. The first kappa shape index (κ1) is 7.14. The van der Waals surface area contributed by atoms with Crippen LogP contribution in [-0.2, 0) is 11.2 Å². The van der Waals surface area contributed by atoms with Crippen molar-refractivity contribution < 1.29 is 14.3 Å². The number of rotatable bonds is 2. The molecule has 1 aromatic heterocycles. The summed E-state index contributed by atoms with van der Waals surface area (Å²) in [5, 5.41) is 7.65. The van der Waals surface area contributed by atoms with Gasteiger partial charge in [-0.15, -0.1) is 0 Å². The molecule has 0 unspecified atom stereocenters. The topological polar surface area (TPSA) is 50.2 Å². The molecule has 1 N–H and O–H groups in total. The Morgan fingerprint density at radius 3 is 3.00 bits per heavy atom. The Balaban J connectivity index is 2.67. The Labute approximate surface area is 60.1 Å². The highest BCUT2D eigenvalue weighted by molar-refractivity contribution is 7.10. The normalized spacial score (nSPS) is 9.70. The second kappa shape index (κ2) is 2.74. The number of aromatic nitrogens is 1. The molecule has 1 heterocycles. The van der Waals surface area contributed by atoms with E-state index in [4.69, 9.17) is 5.11 Å². The lowest BCUT2D eigenvalue weighted by Gasteiger charge is -1.83. The monoisotopic (exact) mass is 161 g/mol. The minimum Gasteiger partial charge on any atom is -0.481 e. The predicted molar refractivity (Wildman–Crippen MR) is 33.4 cm³/mol. The number of hydrogen-bond acceptors (Lipinski definition) is 3. The molecule has 0 aliphatic heterocycles. The molecule has 0 atom stereocenters. The predicted octanol–water partition coefficient (Wildman–Crippen LogP) is 0.909. The lowest BCUT2D eigenvalue weighted by atomic mass is 10.4. The van der Waals surface area contributed by atoms with E-state index in [1.165, 1.54) is 6.20 Å². The molecule has 0 fully saturated rings. The zero-order valence-corrected chi connectivity index (χ0v) is 5.69. The van der Waals surface area contributed by atoms with Gasteiger partial charge in [-0.3, -0.25) is 4.79 Å². The molecular formula is C5H4FNO2S. The van der Waals surface area contributed by atoms with Crippen LogP contribution in [-0.4, -0.2) is 16.1 Å². The number of carboxylic acid groups (broad SMARTS) is 1. The Bertz CT molecular complexity index is 248. The van der Waals surface area contributed by atoms with Crippen molar-refractivity contribution in [3.8, 4) is 0 Å². The highest BCUT2D eigenvalue weighted by atomic mass is 32.1. The zero-order valence-electron chi connectivity index (χ0n) is 4.87. The van der Waals surface area contributed by atoms with Gasteiger partial charge in [0.25, 0.3) is 5.26 Å². The summed E-state index contributed by atoms with van der Waals surface area (Å²) in [7, 11) is 0. The molecule has 0 bridgehead atoms. The number of aliphatic carboxylic acids is 1. The Hall–Kier alpha value is -0.970. The average Bonchev–Trinajstić information content (AvgIpc) is 2.13. The van der Waals surface area contributed by atoms with Crippen molar-refractivity contribution >= 4 is 17.3 Å². The van der Waals surface area contributed by atoms with Gasteiger partial charge in [-0.25, -0.2) is 4.98 Å². The molecule has 1 rings (SSSR count). The molecule has 0 saturated heterocycles. The molecule has 1 aromatic rings. The molecule has 10 heavy (non-hydrogen) atoms. The fourth-order valence-corrected chi connectivity index (χ4v) is 1.14. The van der Waals surface area contributed by atoms with Crippen molar-refractivity contribution in [2.45, 2.75) is 6.42 Å². The van der Waals surface area contributed by atoms with E-state index in [0.29, 0.717) is 4.88 Å². The molecule has 0 aromatic carbocycles. The van der Waals surface area contributed by atoms with Gasteiger partial charge in [0.05, 0.1) is 6.42 Å². The summed E-state index contributed by atoms with van der Waals surface area (Å²) in [6.07, 6.45) is 1.08. The minimum absolute atomic E-state index is 0.151. The number of halogens is 1. The van der Waals surface area contributed by atoms with Gasteiger partial charge >= 0.3 is 5.97 Å². The van der Waals surface area contributed by atoms with Crippen molar-refractivity contribution in [3.63, 3.8) is 0 Å². The van der Waals surface area contributed by atoms with Crippen LogP contribution in [0.25, 0.3) is 0 Å². The third-order valence-electron chi connectivity index (χ3n) is 0.851. The summed E-state index contributed by atoms with van der Waals surface area (Å²) in [5.74, 6) is -0.969. The van der Waals surface area contributed by atoms with Crippen molar-refractivity contribution in [2.75, 3.05) is 0 Å². The smallest absolute Gasteiger partial charge is 0.308 e. The first-order valence-corrected chi connectivity index (χ1v) is 3.32. The average molecular weight is 161 g/mol. The van der Waals surface area contributed by atoms with Crippen LogP contribution >= 0.6 is 11.3 Å². The van der Waals surface area contributed by atoms with Gasteiger partial charge in [-0.1, -0.05) is 11.3 Å². The van der Waals surface area contributed by atoms with Gasteiger partial charge < -0.3 is 5.11 Å². The van der Waals surface area contributed by atoms with Gasteiger partial charge in [0, 0.05) is 11.1 Å². The maximum atomic E-state index is 12.1. The van der Waals surface area contributed by atoms with Crippen LogP contribution in [0.1, 0.15) is 4.88 Å². The van der Waals surface area contributed by atoms with Gasteiger partial charge in [-0.2, -0.15) is 4.39 Å². The fraction of sp³-hybridized carbons (Fsp3) is 0.200. The molecule has 0 aliphatic carbocycles. The van der Waals surface area contributed by atoms with E-state index in [1.54, 1.807) is 0 Å². The highest BCUT2D eigenvalue weighted by Crippen LogP contribution is 2.10. The standard InChI is InChI=1S/C5H4FNO2S/c6-5-7-2-3(10-5)1-4(8)9/h2H,1H2,(H,8,9). The number of carbonyl (C=O) groups is 1. The quantitative estimate of drug-likeness (QED) is 0.701. The Morgan fingerprint density at radius 1 is 1.90 bits per heavy atom. The van der Waals surface area contributed by atoms with E-state index in [-0.39, 0.29) is 6.42 Å². The van der Waals surface area contributed by atoms with Crippen LogP contribution < -0.4 is 0 Å². The number of hydrogen-bond donors (Lipinski definition) is 1. The van der Waals surface area contributed by atoms with Crippen molar-refractivity contribution in [2.24, 2.45) is 0 Å². The van der Waals surface area contributed by atoms with Crippen LogP contribution in [0.2, 0.25) is 0 Å². The lowest BCUT2D eigenvalue weighted by Crippen LogP contribution is -1.97. The Morgan fingerprint density at radius 2 is 2.60 bits per heavy atom. The van der Waals surface area contributed by atoms with Gasteiger partial charge in [0.15, 0.2) is 0 Å². The van der Waals surface area contributed by atoms with Crippen LogP contribution in [0.3, 0.4) is 0 Å². The van der Waals surface area contributed by atoms with E-state index < -0.39 is 11.2 Å². The molecule has 0 radical (unpaired) electrons. The van der Waals surface area contributed by atoms with Gasteiger partial charge in [0.2, 0.25) is 0 Å². The highest BCUT2D eigenvalue weighted by Gasteiger charge is 2.04. The summed E-state index contributed by atoms with van der Waals surface area (Å²) in [4.78, 5) is 13.7. The largest absolute Gasteiger partial charge is 0.481 e. The third kappa shape index (κ3) is 1.77. The first-order chi connectivity index (χ1) is 4.68. The molecule has 5 heteroatoms. The van der Waals surface area contributed by atoms with E-state index in [2.05, 4.69) is 4.98 Å². The first-order valence-electron chi connectivity index (χ1n) is 2.50. The van der Waals surface area contributed by atoms with Crippen molar-refractivity contribution in [1.29, 1.82) is 0 Å². The number of carboxylic acids is 1. The molecule has 0 amide bonds. The maximum absolute atomic E-state index is 12.1. The summed E-state index contributed by atoms with van der Waals surface area (Å²) < 4.78 is 12.1. The SMILES string of the molecule is O=C(O)Cc1cnc(F)s1. The van der Waals surface area contributed by atoms with Gasteiger partial charge in [0.1, 0.15) is 0 Å².